The Balaban J connectivity index is 1.62. The molecule has 0 N–H and O–H groups in total. The first kappa shape index (κ1) is 26.5. The maximum Gasteiger partial charge on any atom is 0.257 e. The molecule has 5 nitrogen and oxygen atoms in total. The van der Waals surface area contributed by atoms with Gasteiger partial charge in [-0.25, -0.2) is 0 Å². The monoisotopic (exact) mass is 510 g/mol. The van der Waals surface area contributed by atoms with Crippen molar-refractivity contribution in [3.8, 4) is 5.75 Å². The molecule has 0 radical (unpaired) electrons. The highest BCUT2D eigenvalue weighted by molar-refractivity contribution is 6.30. The van der Waals surface area contributed by atoms with Crippen LogP contribution in [-0.2, 0) is 11.2 Å². The van der Waals surface area contributed by atoms with Crippen LogP contribution in [0.5, 0.6) is 5.75 Å². The number of fused-ring (bicyclic) bond motifs is 2. The highest BCUT2D eigenvalue weighted by atomic mass is 35.5. The number of hydrogen-bond donors (Lipinski definition) is 0. The summed E-state index contributed by atoms with van der Waals surface area (Å²) in [6.45, 7) is 4.24. The third-order valence-electron chi connectivity index (χ3n) is 7.55. The molecule has 0 spiro atoms. The first-order valence-electron chi connectivity index (χ1n) is 13.7. The van der Waals surface area contributed by atoms with Crippen molar-refractivity contribution in [1.82, 2.24) is 9.80 Å². The minimum atomic E-state index is -0.123. The molecular formula is C30H39ClN2O3. The van der Waals surface area contributed by atoms with Crippen molar-refractivity contribution in [2.45, 2.75) is 83.3 Å². The van der Waals surface area contributed by atoms with E-state index in [1.165, 1.54) is 0 Å². The van der Waals surface area contributed by atoms with Gasteiger partial charge in [0.25, 0.3) is 5.91 Å². The Morgan fingerprint density at radius 3 is 2.39 bits per heavy atom. The van der Waals surface area contributed by atoms with Gasteiger partial charge in [0.2, 0.25) is 5.91 Å². The molecular weight excluding hydrogens is 472 g/mol. The van der Waals surface area contributed by atoms with E-state index >= 15 is 0 Å². The van der Waals surface area contributed by atoms with Crippen LogP contribution in [0.15, 0.2) is 48.5 Å². The van der Waals surface area contributed by atoms with Gasteiger partial charge in [-0.3, -0.25) is 9.59 Å². The predicted molar refractivity (Wildman–Crippen MR) is 145 cm³/mol. The lowest BCUT2D eigenvalue weighted by Crippen LogP contribution is -2.51. The number of carbonyl (C=O) groups excluding carboxylic acids is 2. The molecule has 2 amide bonds. The fourth-order valence-corrected chi connectivity index (χ4v) is 5.65. The van der Waals surface area contributed by atoms with E-state index in [9.17, 15) is 9.59 Å². The average molecular weight is 511 g/mol. The number of rotatable bonds is 3. The number of para-hydroxylation sites is 1. The molecule has 1 heterocycles. The fraction of sp³-hybridized carbons (Fsp3) is 0.533. The van der Waals surface area contributed by atoms with E-state index < -0.39 is 0 Å². The first-order chi connectivity index (χ1) is 17.6. The van der Waals surface area contributed by atoms with Gasteiger partial charge in [-0.05, 0) is 68.9 Å². The Morgan fingerprint density at radius 1 is 0.917 bits per heavy atom. The number of hydrogen-bond acceptors (Lipinski definition) is 3. The molecule has 194 valence electrons. The molecule has 2 atom stereocenters. The Kier molecular flexibility index (Phi) is 9.68. The van der Waals surface area contributed by atoms with E-state index in [1.54, 1.807) is 0 Å². The number of amides is 2. The SMILES string of the molecule is CCN1CCCCCCCN(C(=O)Cc2ccc(Cl)cc2)[C@@H]2CCCC[C@@H]2Oc2ccccc2C1=O. The van der Waals surface area contributed by atoms with Gasteiger partial charge in [0.15, 0.2) is 0 Å². The molecule has 4 rings (SSSR count). The van der Waals surface area contributed by atoms with E-state index in [0.717, 1.165) is 76.4 Å². The van der Waals surface area contributed by atoms with Gasteiger partial charge in [-0.1, -0.05) is 61.5 Å². The largest absolute Gasteiger partial charge is 0.487 e. The zero-order valence-electron chi connectivity index (χ0n) is 21.5. The van der Waals surface area contributed by atoms with E-state index in [0.29, 0.717) is 29.3 Å². The van der Waals surface area contributed by atoms with E-state index in [4.69, 9.17) is 16.3 Å². The quantitative estimate of drug-likeness (QED) is 0.471. The van der Waals surface area contributed by atoms with Crippen molar-refractivity contribution in [2.24, 2.45) is 0 Å². The van der Waals surface area contributed by atoms with Crippen LogP contribution in [0.2, 0.25) is 5.02 Å². The Hall–Kier alpha value is -2.53. The van der Waals surface area contributed by atoms with E-state index in [1.807, 2.05) is 60.4 Å². The molecule has 1 aliphatic heterocycles. The molecule has 1 aliphatic carbocycles. The van der Waals surface area contributed by atoms with Gasteiger partial charge in [-0.15, -0.1) is 0 Å². The predicted octanol–water partition coefficient (Wildman–Crippen LogP) is 6.53. The second kappa shape index (κ2) is 13.1. The van der Waals surface area contributed by atoms with Gasteiger partial charge in [0.1, 0.15) is 11.9 Å². The lowest BCUT2D eigenvalue weighted by molar-refractivity contribution is -0.136. The van der Waals surface area contributed by atoms with Gasteiger partial charge >= 0.3 is 0 Å². The number of halogens is 1. The lowest BCUT2D eigenvalue weighted by atomic mass is 9.90. The minimum absolute atomic E-state index is 0.00844. The van der Waals surface area contributed by atoms with Gasteiger partial charge in [0, 0.05) is 24.7 Å². The topological polar surface area (TPSA) is 49.9 Å². The standard InChI is InChI=1S/C30H39ClN2O3/c1-2-32-20-10-4-3-5-11-21-33(29(34)22-23-16-18-24(31)19-17-23)26-13-7-9-15-28(26)36-27-14-8-6-12-25(27)30(32)35/h6,8,12,14,16-19,26,28H,2-5,7,9-11,13,15,20-22H2,1H3/t26-,28+/m1/s1. The van der Waals surface area contributed by atoms with E-state index in [-0.39, 0.29) is 24.0 Å². The molecule has 2 aliphatic rings. The number of carbonyl (C=O) groups is 2. The molecule has 2 aromatic carbocycles. The zero-order chi connectivity index (χ0) is 25.3. The van der Waals surface area contributed by atoms with Gasteiger partial charge in [0.05, 0.1) is 18.0 Å². The summed E-state index contributed by atoms with van der Waals surface area (Å²) in [4.78, 5) is 31.1. The fourth-order valence-electron chi connectivity index (χ4n) is 5.52. The second-order valence-electron chi connectivity index (χ2n) is 10.0. The summed E-state index contributed by atoms with van der Waals surface area (Å²) < 4.78 is 6.63. The molecule has 2 aromatic rings. The molecule has 0 unspecified atom stereocenters. The van der Waals surface area contributed by atoms with E-state index in [2.05, 4.69) is 4.90 Å². The number of nitrogens with zero attached hydrogens (tertiary/aromatic N) is 2. The summed E-state index contributed by atoms with van der Waals surface area (Å²) in [5.74, 6) is 0.812. The van der Waals surface area contributed by atoms with Crippen LogP contribution in [0.3, 0.4) is 0 Å². The second-order valence-corrected chi connectivity index (χ2v) is 10.5. The van der Waals surface area contributed by atoms with Crippen LogP contribution >= 0.6 is 11.6 Å². The summed E-state index contributed by atoms with van der Waals surface area (Å²) in [6.07, 6.45) is 9.47. The van der Waals surface area contributed by atoms with Crippen molar-refractivity contribution in [2.75, 3.05) is 19.6 Å². The average Bonchev–Trinajstić information content (AvgIpc) is 2.90. The molecule has 1 saturated carbocycles. The van der Waals surface area contributed by atoms with Crippen LogP contribution in [0.25, 0.3) is 0 Å². The summed E-state index contributed by atoms with van der Waals surface area (Å²) in [6, 6.07) is 15.2. The van der Waals surface area contributed by atoms with Crippen molar-refractivity contribution >= 4 is 23.4 Å². The third-order valence-corrected chi connectivity index (χ3v) is 7.80. The lowest BCUT2D eigenvalue weighted by Gasteiger charge is -2.40. The molecule has 0 aromatic heterocycles. The zero-order valence-corrected chi connectivity index (χ0v) is 22.2. The van der Waals surface area contributed by atoms with Crippen LogP contribution in [0, 0.1) is 0 Å². The minimum Gasteiger partial charge on any atom is -0.487 e. The molecule has 0 bridgehead atoms. The highest BCUT2D eigenvalue weighted by Gasteiger charge is 2.35. The summed E-state index contributed by atoms with van der Waals surface area (Å²) in [7, 11) is 0. The summed E-state index contributed by atoms with van der Waals surface area (Å²) in [5, 5.41) is 0.677. The van der Waals surface area contributed by atoms with Crippen LogP contribution < -0.4 is 4.74 Å². The molecule has 36 heavy (non-hydrogen) atoms. The maximum absolute atomic E-state index is 13.7. The van der Waals surface area contributed by atoms with Gasteiger partial charge < -0.3 is 14.5 Å². The Labute approximate surface area is 220 Å². The van der Waals surface area contributed by atoms with Crippen LogP contribution in [0.1, 0.15) is 80.6 Å². The van der Waals surface area contributed by atoms with Crippen molar-refractivity contribution in [1.29, 1.82) is 0 Å². The molecule has 6 heteroatoms. The van der Waals surface area contributed by atoms with Crippen molar-refractivity contribution < 1.29 is 14.3 Å². The van der Waals surface area contributed by atoms with Crippen LogP contribution in [-0.4, -0.2) is 53.4 Å². The molecule has 1 fully saturated rings. The first-order valence-corrected chi connectivity index (χ1v) is 14.0. The highest BCUT2D eigenvalue weighted by Crippen LogP contribution is 2.31. The Morgan fingerprint density at radius 2 is 1.61 bits per heavy atom. The number of benzene rings is 2. The number of ether oxygens (including phenoxy) is 1. The van der Waals surface area contributed by atoms with Gasteiger partial charge in [-0.2, -0.15) is 0 Å². The summed E-state index contributed by atoms with van der Waals surface area (Å²) >= 11 is 6.06. The smallest absolute Gasteiger partial charge is 0.257 e. The van der Waals surface area contributed by atoms with Crippen molar-refractivity contribution in [3.63, 3.8) is 0 Å². The van der Waals surface area contributed by atoms with Crippen molar-refractivity contribution in [3.05, 3.63) is 64.7 Å². The normalized spacial score (nSPS) is 22.0. The third kappa shape index (κ3) is 6.82. The maximum atomic E-state index is 13.7. The molecule has 0 saturated heterocycles. The van der Waals surface area contributed by atoms with Crippen LogP contribution in [0.4, 0.5) is 0 Å². The Bertz CT molecular complexity index is 1010. The summed E-state index contributed by atoms with van der Waals surface area (Å²) in [5.41, 5.74) is 1.60.